The third-order valence-corrected chi connectivity index (χ3v) is 6.80. The lowest BCUT2D eigenvalue weighted by molar-refractivity contribution is 0.0940. The molecule has 2 aromatic carbocycles. The Morgan fingerprint density at radius 1 is 1.14 bits per heavy atom. The van der Waals surface area contributed by atoms with Crippen molar-refractivity contribution in [2.24, 2.45) is 0 Å². The summed E-state index contributed by atoms with van der Waals surface area (Å²) in [5, 5.41) is 3.21. The van der Waals surface area contributed by atoms with Gasteiger partial charge >= 0.3 is 0 Å². The smallest absolute Gasteiger partial charge is 0.253 e. The van der Waals surface area contributed by atoms with Crippen molar-refractivity contribution in [3.8, 4) is 0 Å². The molecule has 1 N–H and O–H groups in total. The fourth-order valence-electron chi connectivity index (χ4n) is 3.38. The number of hydrogen-bond donors (Lipinski definition) is 1. The van der Waals surface area contributed by atoms with E-state index in [1.54, 1.807) is 6.07 Å². The zero-order valence-electron chi connectivity index (χ0n) is 16.9. The summed E-state index contributed by atoms with van der Waals surface area (Å²) in [5.41, 5.74) is 2.80. The summed E-state index contributed by atoms with van der Waals surface area (Å²) in [4.78, 5) is 15.1. The number of halogens is 1. The quantitative estimate of drug-likeness (QED) is 0.748. The predicted octanol–water partition coefficient (Wildman–Crippen LogP) is 3.83. The van der Waals surface area contributed by atoms with E-state index in [1.807, 2.05) is 19.1 Å². The average molecular weight is 436 g/mol. The topological polar surface area (TPSA) is 69.7 Å². The molecule has 0 aliphatic carbocycles. The first kappa shape index (κ1) is 21.5. The van der Waals surface area contributed by atoms with Crippen molar-refractivity contribution in [2.75, 3.05) is 35.6 Å². The Kier molecular flexibility index (Phi) is 6.39. The maximum absolute atomic E-state index is 12.8. The van der Waals surface area contributed by atoms with Crippen LogP contribution < -0.4 is 14.5 Å². The van der Waals surface area contributed by atoms with Crippen molar-refractivity contribution < 1.29 is 13.2 Å². The van der Waals surface area contributed by atoms with E-state index in [-0.39, 0.29) is 22.5 Å². The number of nitrogens with one attached hydrogen (secondary N) is 1. The summed E-state index contributed by atoms with van der Waals surface area (Å²) in [6, 6.07) is 12.6. The largest absolute Gasteiger partial charge is 0.372 e. The third-order valence-electron chi connectivity index (χ3n) is 5.27. The van der Waals surface area contributed by atoms with Crippen LogP contribution >= 0.6 is 11.6 Å². The summed E-state index contributed by atoms with van der Waals surface area (Å²) in [6.45, 7) is 4.08. The van der Waals surface area contributed by atoms with Crippen LogP contribution in [0, 0.1) is 0 Å². The minimum Gasteiger partial charge on any atom is -0.372 e. The van der Waals surface area contributed by atoms with Gasteiger partial charge in [-0.3, -0.25) is 9.10 Å². The average Bonchev–Trinajstić information content (AvgIpc) is 3.22. The first-order valence-corrected chi connectivity index (χ1v) is 11.8. The molecule has 1 atom stereocenters. The van der Waals surface area contributed by atoms with Crippen LogP contribution in [0.5, 0.6) is 0 Å². The lowest BCUT2D eigenvalue weighted by atomic mass is 10.1. The molecule has 0 saturated carbocycles. The number of amides is 1. The SMILES string of the molecule is C[C@@H](NC(=O)c1cc(N(C)S(C)(=O)=O)ccc1Cl)c1ccc(N2CCCC2)cc1. The Hall–Kier alpha value is -2.25. The third kappa shape index (κ3) is 5.03. The van der Waals surface area contributed by atoms with E-state index in [0.717, 1.165) is 29.2 Å². The molecule has 156 valence electrons. The Morgan fingerprint density at radius 3 is 2.34 bits per heavy atom. The van der Waals surface area contributed by atoms with Gasteiger partial charge in [-0.2, -0.15) is 0 Å². The summed E-state index contributed by atoms with van der Waals surface area (Å²) in [6.07, 6.45) is 3.56. The van der Waals surface area contributed by atoms with Crippen molar-refractivity contribution in [1.82, 2.24) is 5.32 Å². The van der Waals surface area contributed by atoms with Crippen LogP contribution in [0.1, 0.15) is 41.7 Å². The zero-order chi connectivity index (χ0) is 21.2. The number of benzene rings is 2. The molecule has 0 bridgehead atoms. The molecule has 1 heterocycles. The second-order valence-corrected chi connectivity index (χ2v) is 9.80. The molecule has 1 amide bonds. The van der Waals surface area contributed by atoms with Crippen molar-refractivity contribution in [2.45, 2.75) is 25.8 Å². The molecule has 8 heteroatoms. The van der Waals surface area contributed by atoms with Crippen LogP contribution in [0.3, 0.4) is 0 Å². The maximum Gasteiger partial charge on any atom is 0.253 e. The van der Waals surface area contributed by atoms with Crippen LogP contribution in [0.15, 0.2) is 42.5 Å². The highest BCUT2D eigenvalue weighted by molar-refractivity contribution is 7.92. The normalized spacial score (nSPS) is 15.2. The minimum atomic E-state index is -3.43. The number of sulfonamides is 1. The van der Waals surface area contributed by atoms with Crippen molar-refractivity contribution in [3.63, 3.8) is 0 Å². The minimum absolute atomic E-state index is 0.220. The molecule has 0 aromatic heterocycles. The van der Waals surface area contributed by atoms with E-state index >= 15 is 0 Å². The number of carbonyl (C=O) groups excluding carboxylic acids is 1. The van der Waals surface area contributed by atoms with Crippen LogP contribution in [-0.4, -0.2) is 40.7 Å². The van der Waals surface area contributed by atoms with Crippen LogP contribution in [-0.2, 0) is 10.0 Å². The predicted molar refractivity (Wildman–Crippen MR) is 118 cm³/mol. The van der Waals surface area contributed by atoms with Gasteiger partial charge in [0.2, 0.25) is 10.0 Å². The van der Waals surface area contributed by atoms with E-state index in [9.17, 15) is 13.2 Å². The van der Waals surface area contributed by atoms with Crippen molar-refractivity contribution >= 4 is 38.9 Å². The fourth-order valence-corrected chi connectivity index (χ4v) is 4.08. The molecule has 0 spiro atoms. The summed E-state index contributed by atoms with van der Waals surface area (Å²) in [5.74, 6) is -0.352. The number of hydrogen-bond acceptors (Lipinski definition) is 4. The van der Waals surface area contributed by atoms with Crippen LogP contribution in [0.2, 0.25) is 5.02 Å². The molecule has 1 aliphatic rings. The first-order chi connectivity index (χ1) is 13.7. The van der Waals surface area contributed by atoms with Crippen LogP contribution in [0.25, 0.3) is 0 Å². The number of rotatable bonds is 6. The molecule has 0 unspecified atom stereocenters. The van der Waals surface area contributed by atoms with E-state index in [4.69, 9.17) is 11.6 Å². The van der Waals surface area contributed by atoms with E-state index in [2.05, 4.69) is 22.3 Å². The van der Waals surface area contributed by atoms with E-state index < -0.39 is 10.0 Å². The van der Waals surface area contributed by atoms with Crippen molar-refractivity contribution in [3.05, 3.63) is 58.6 Å². The monoisotopic (exact) mass is 435 g/mol. The van der Waals surface area contributed by atoms with Gasteiger partial charge in [0, 0.05) is 25.8 Å². The molecular formula is C21H26ClN3O3S. The Morgan fingerprint density at radius 2 is 1.76 bits per heavy atom. The summed E-state index contributed by atoms with van der Waals surface area (Å²) in [7, 11) is -2.00. The molecule has 29 heavy (non-hydrogen) atoms. The van der Waals surface area contributed by atoms with E-state index in [1.165, 1.54) is 37.7 Å². The summed E-state index contributed by atoms with van der Waals surface area (Å²) < 4.78 is 24.7. The van der Waals surface area contributed by atoms with E-state index in [0.29, 0.717) is 5.69 Å². The molecule has 1 saturated heterocycles. The highest BCUT2D eigenvalue weighted by Crippen LogP contribution is 2.26. The summed E-state index contributed by atoms with van der Waals surface area (Å²) >= 11 is 6.20. The van der Waals surface area contributed by atoms with Gasteiger partial charge in [0.1, 0.15) is 0 Å². The van der Waals surface area contributed by atoms with Gasteiger partial charge in [-0.1, -0.05) is 23.7 Å². The van der Waals surface area contributed by atoms with Gasteiger partial charge in [0.05, 0.1) is 28.6 Å². The molecule has 2 aromatic rings. The second-order valence-electron chi connectivity index (χ2n) is 7.38. The number of carbonyl (C=O) groups is 1. The van der Waals surface area contributed by atoms with Gasteiger partial charge in [-0.25, -0.2) is 8.42 Å². The molecule has 1 fully saturated rings. The van der Waals surface area contributed by atoms with Gasteiger partial charge in [-0.15, -0.1) is 0 Å². The standard InChI is InChI=1S/C21H26ClN3O3S/c1-15(16-6-8-17(9-7-16)25-12-4-5-13-25)23-21(26)19-14-18(10-11-20(19)22)24(2)29(3,27)28/h6-11,14-15H,4-5,12-13H2,1-3H3,(H,23,26)/t15-/m1/s1. The Bertz CT molecular complexity index is 987. The van der Waals surface area contributed by atoms with Gasteiger partial charge in [0.15, 0.2) is 0 Å². The molecular weight excluding hydrogens is 410 g/mol. The number of nitrogens with zero attached hydrogens (tertiary/aromatic N) is 2. The molecule has 1 aliphatic heterocycles. The van der Waals surface area contributed by atoms with Crippen molar-refractivity contribution in [1.29, 1.82) is 0 Å². The lowest BCUT2D eigenvalue weighted by Gasteiger charge is -2.20. The lowest BCUT2D eigenvalue weighted by Crippen LogP contribution is -2.28. The second kappa shape index (κ2) is 8.63. The first-order valence-electron chi connectivity index (χ1n) is 9.56. The molecule has 0 radical (unpaired) electrons. The van der Waals surface area contributed by atoms with Gasteiger partial charge in [-0.05, 0) is 55.7 Å². The highest BCUT2D eigenvalue weighted by Gasteiger charge is 2.19. The van der Waals surface area contributed by atoms with Crippen LogP contribution in [0.4, 0.5) is 11.4 Å². The molecule has 3 rings (SSSR count). The number of anilines is 2. The zero-order valence-corrected chi connectivity index (χ0v) is 18.4. The Labute approximate surface area is 177 Å². The van der Waals surface area contributed by atoms with Gasteiger partial charge in [0.25, 0.3) is 5.91 Å². The maximum atomic E-state index is 12.8. The molecule has 6 nitrogen and oxygen atoms in total. The Balaban J connectivity index is 1.74. The highest BCUT2D eigenvalue weighted by atomic mass is 35.5. The fraction of sp³-hybridized carbons (Fsp3) is 0.381. The van der Waals surface area contributed by atoms with Gasteiger partial charge < -0.3 is 10.2 Å².